The Hall–Kier alpha value is -3.01. The van der Waals surface area contributed by atoms with Gasteiger partial charge in [-0.3, -0.25) is 14.5 Å². The predicted molar refractivity (Wildman–Crippen MR) is 172 cm³/mol. The minimum absolute atomic E-state index is 0.114. The van der Waals surface area contributed by atoms with E-state index in [-0.39, 0.29) is 36.4 Å². The van der Waals surface area contributed by atoms with Gasteiger partial charge in [-0.15, -0.1) is 0 Å². The minimum atomic E-state index is -3.98. The summed E-state index contributed by atoms with van der Waals surface area (Å²) in [6.07, 6.45) is 12.8. The van der Waals surface area contributed by atoms with Crippen LogP contribution in [0.25, 0.3) is 5.57 Å². The standard InChI is InChI=1S/C35H46N4O4S/c1-25-10-13-30(14-11-25)44(42,43)39-21-20-38(35(41)33(39)23-34(36)40)32-9-5-8-29-22-28(12-15-31(29)32)27-16-18-37(19-17-27)24-26-6-3-2-4-7-26/h10-16,22,26,32-33H,2-9,17-21,23-24H2,1H3,(H2,36,40)/t32-,33?/m1/s1. The maximum Gasteiger partial charge on any atom is 0.243 e. The molecule has 0 spiro atoms. The maximum atomic E-state index is 14.0. The zero-order valence-corrected chi connectivity index (χ0v) is 26.7. The Labute approximate surface area is 262 Å². The predicted octanol–water partition coefficient (Wildman–Crippen LogP) is 4.82. The van der Waals surface area contributed by atoms with Gasteiger partial charge in [0.25, 0.3) is 0 Å². The Bertz CT molecular complexity index is 1510. The van der Waals surface area contributed by atoms with Gasteiger partial charge in [0.05, 0.1) is 17.4 Å². The van der Waals surface area contributed by atoms with Gasteiger partial charge >= 0.3 is 0 Å². The summed E-state index contributed by atoms with van der Waals surface area (Å²) in [5.74, 6) is -0.184. The number of carbonyl (C=O) groups excluding carboxylic acids is 2. The molecule has 1 saturated carbocycles. The zero-order chi connectivity index (χ0) is 30.8. The molecule has 1 unspecified atom stereocenters. The average Bonchev–Trinajstić information content (AvgIpc) is 3.02. The van der Waals surface area contributed by atoms with Gasteiger partial charge in [0.1, 0.15) is 6.04 Å². The van der Waals surface area contributed by atoms with Crippen LogP contribution in [0, 0.1) is 12.8 Å². The van der Waals surface area contributed by atoms with Crippen molar-refractivity contribution in [1.82, 2.24) is 14.1 Å². The Morgan fingerprint density at radius 3 is 2.41 bits per heavy atom. The van der Waals surface area contributed by atoms with Crippen LogP contribution in [0.4, 0.5) is 0 Å². The molecule has 2 aliphatic carbocycles. The summed E-state index contributed by atoms with van der Waals surface area (Å²) in [6.45, 7) is 5.61. The molecule has 0 aromatic heterocycles. The van der Waals surface area contributed by atoms with E-state index in [0.29, 0.717) is 0 Å². The summed E-state index contributed by atoms with van der Waals surface area (Å²) < 4.78 is 28.4. The van der Waals surface area contributed by atoms with E-state index in [1.54, 1.807) is 29.2 Å². The van der Waals surface area contributed by atoms with E-state index in [4.69, 9.17) is 5.73 Å². The Kier molecular flexibility index (Phi) is 9.26. The molecule has 4 aliphatic rings. The number of sulfonamides is 1. The van der Waals surface area contributed by atoms with Crippen molar-refractivity contribution < 1.29 is 18.0 Å². The smallest absolute Gasteiger partial charge is 0.243 e. The van der Waals surface area contributed by atoms with Crippen LogP contribution in [0.2, 0.25) is 0 Å². The van der Waals surface area contributed by atoms with Crippen molar-refractivity contribution in [2.45, 2.75) is 88.1 Å². The van der Waals surface area contributed by atoms with E-state index in [0.717, 1.165) is 55.8 Å². The molecular formula is C35H46N4O4S. The lowest BCUT2D eigenvalue weighted by molar-refractivity contribution is -0.144. The number of nitrogens with zero attached hydrogens (tertiary/aromatic N) is 3. The van der Waals surface area contributed by atoms with Gasteiger partial charge in [-0.05, 0) is 85.8 Å². The van der Waals surface area contributed by atoms with E-state index >= 15 is 0 Å². The lowest BCUT2D eigenvalue weighted by atomic mass is 9.83. The Morgan fingerprint density at radius 2 is 1.70 bits per heavy atom. The van der Waals surface area contributed by atoms with Crippen LogP contribution in [0.1, 0.15) is 86.1 Å². The topological polar surface area (TPSA) is 104 Å². The number of nitrogens with two attached hydrogens (primary N) is 1. The van der Waals surface area contributed by atoms with Crippen LogP contribution in [0.15, 0.2) is 53.4 Å². The molecular weight excluding hydrogens is 572 g/mol. The molecule has 2 aliphatic heterocycles. The minimum Gasteiger partial charge on any atom is -0.370 e. The number of hydrogen-bond acceptors (Lipinski definition) is 5. The van der Waals surface area contributed by atoms with Crippen molar-refractivity contribution >= 4 is 27.4 Å². The second-order valence-electron chi connectivity index (χ2n) is 13.2. The molecule has 2 amide bonds. The first-order valence-corrected chi connectivity index (χ1v) is 17.9. The fraction of sp³-hybridized carbons (Fsp3) is 0.543. The first-order chi connectivity index (χ1) is 21.2. The Morgan fingerprint density at radius 1 is 0.932 bits per heavy atom. The first-order valence-electron chi connectivity index (χ1n) is 16.4. The number of benzene rings is 2. The number of hydrogen-bond donors (Lipinski definition) is 1. The van der Waals surface area contributed by atoms with Gasteiger partial charge in [0.15, 0.2) is 0 Å². The highest BCUT2D eigenvalue weighted by Gasteiger charge is 2.45. The van der Waals surface area contributed by atoms with Crippen LogP contribution >= 0.6 is 0 Å². The van der Waals surface area contributed by atoms with Crippen molar-refractivity contribution in [3.8, 4) is 0 Å². The zero-order valence-electron chi connectivity index (χ0n) is 25.9. The highest BCUT2D eigenvalue weighted by molar-refractivity contribution is 7.89. The number of fused-ring (bicyclic) bond motifs is 1. The average molecular weight is 619 g/mol. The van der Waals surface area contributed by atoms with Gasteiger partial charge in [0.2, 0.25) is 21.8 Å². The fourth-order valence-corrected chi connectivity index (χ4v) is 9.37. The molecule has 0 radical (unpaired) electrons. The monoisotopic (exact) mass is 618 g/mol. The highest BCUT2D eigenvalue weighted by atomic mass is 32.2. The van der Waals surface area contributed by atoms with E-state index in [1.807, 2.05) is 6.92 Å². The molecule has 2 fully saturated rings. The van der Waals surface area contributed by atoms with E-state index in [9.17, 15) is 18.0 Å². The van der Waals surface area contributed by atoms with Crippen LogP contribution in [-0.2, 0) is 26.0 Å². The molecule has 8 nitrogen and oxygen atoms in total. The quantitative estimate of drug-likeness (QED) is 0.457. The number of amides is 2. The molecule has 9 heteroatoms. The Balaban J connectivity index is 1.19. The normalized spacial score (nSPS) is 24.2. The highest BCUT2D eigenvalue weighted by Crippen LogP contribution is 2.39. The van der Waals surface area contributed by atoms with Crippen molar-refractivity contribution in [1.29, 1.82) is 0 Å². The molecule has 2 heterocycles. The van der Waals surface area contributed by atoms with Crippen molar-refractivity contribution in [2.75, 3.05) is 32.7 Å². The number of aryl methyl sites for hydroxylation is 2. The molecule has 1 saturated heterocycles. The van der Waals surface area contributed by atoms with Crippen molar-refractivity contribution in [2.24, 2.45) is 11.7 Å². The summed E-state index contributed by atoms with van der Waals surface area (Å²) in [6, 6.07) is 12.0. The van der Waals surface area contributed by atoms with Gasteiger partial charge in [-0.1, -0.05) is 61.2 Å². The third-order valence-electron chi connectivity index (χ3n) is 10.2. The van der Waals surface area contributed by atoms with Crippen molar-refractivity contribution in [3.05, 3.63) is 70.8 Å². The van der Waals surface area contributed by atoms with E-state index in [2.05, 4.69) is 29.2 Å². The third-order valence-corrected chi connectivity index (χ3v) is 12.1. The van der Waals surface area contributed by atoms with Gasteiger partial charge in [0, 0.05) is 32.7 Å². The molecule has 2 aromatic carbocycles. The van der Waals surface area contributed by atoms with Gasteiger partial charge < -0.3 is 10.6 Å². The van der Waals surface area contributed by atoms with Gasteiger partial charge in [-0.2, -0.15) is 4.31 Å². The van der Waals surface area contributed by atoms with E-state index < -0.39 is 22.0 Å². The molecule has 2 N–H and O–H groups in total. The SMILES string of the molecule is Cc1ccc(S(=O)(=O)N2CCN([C@@H]3CCCc4cc(C5=CCN(CC6CCCCC6)CC5)ccc43)C(=O)C2CC(N)=O)cc1. The second-order valence-corrected chi connectivity index (χ2v) is 15.1. The molecule has 0 bridgehead atoms. The third kappa shape index (κ3) is 6.51. The number of rotatable bonds is 8. The van der Waals surface area contributed by atoms with E-state index in [1.165, 1.54) is 59.7 Å². The second kappa shape index (κ2) is 13.2. The van der Waals surface area contributed by atoms with Crippen molar-refractivity contribution in [3.63, 3.8) is 0 Å². The van der Waals surface area contributed by atoms with Crippen LogP contribution < -0.4 is 5.73 Å². The lowest BCUT2D eigenvalue weighted by Crippen LogP contribution is -2.60. The molecule has 44 heavy (non-hydrogen) atoms. The summed E-state index contributed by atoms with van der Waals surface area (Å²) in [5.41, 5.74) is 11.6. The number of primary amides is 1. The molecule has 2 atom stereocenters. The number of piperazine rings is 1. The van der Waals surface area contributed by atoms with Crippen LogP contribution in [0.5, 0.6) is 0 Å². The largest absolute Gasteiger partial charge is 0.370 e. The van der Waals surface area contributed by atoms with Gasteiger partial charge in [-0.25, -0.2) is 8.42 Å². The maximum absolute atomic E-state index is 14.0. The molecule has 236 valence electrons. The summed E-state index contributed by atoms with van der Waals surface area (Å²) in [7, 11) is -3.98. The first kappa shape index (κ1) is 31.0. The molecule has 2 aromatic rings. The van der Waals surface area contributed by atoms with Crippen LogP contribution in [-0.4, -0.2) is 73.1 Å². The molecule has 6 rings (SSSR count). The van der Waals surface area contributed by atoms with Crippen LogP contribution in [0.3, 0.4) is 0 Å². The summed E-state index contributed by atoms with van der Waals surface area (Å²) >= 11 is 0. The summed E-state index contributed by atoms with van der Waals surface area (Å²) in [5, 5.41) is 0. The lowest BCUT2D eigenvalue weighted by Gasteiger charge is -2.44. The number of carbonyl (C=O) groups is 2. The summed E-state index contributed by atoms with van der Waals surface area (Å²) in [4.78, 5) is 30.6. The fourth-order valence-electron chi connectivity index (χ4n) is 7.80.